The number of nitro groups is 1. The van der Waals surface area contributed by atoms with Crippen LogP contribution in [0.2, 0.25) is 0 Å². The topological polar surface area (TPSA) is 91.8 Å². The molecule has 106 valence electrons. The highest BCUT2D eigenvalue weighted by molar-refractivity contribution is 7.99. The van der Waals surface area contributed by atoms with Gasteiger partial charge in [-0.05, 0) is 25.5 Å². The standard InChI is InChI=1S/C13H16N4O2S/c1-20-11-4-2-3-10(6-11)16-13-12(17(18)19)5-9(7-14)8-15-13/h5,8,10-11H,2-4,6H2,1H3,(H,15,16). The lowest BCUT2D eigenvalue weighted by Gasteiger charge is -2.28. The molecule has 1 aliphatic rings. The molecule has 0 aliphatic heterocycles. The van der Waals surface area contributed by atoms with E-state index in [9.17, 15) is 10.1 Å². The number of rotatable bonds is 4. The minimum atomic E-state index is -0.495. The van der Waals surface area contributed by atoms with Gasteiger partial charge in [-0.15, -0.1) is 0 Å². The first-order valence-corrected chi connectivity index (χ1v) is 7.76. The fourth-order valence-corrected chi connectivity index (χ4v) is 3.28. The molecule has 1 N–H and O–H groups in total. The van der Waals surface area contributed by atoms with E-state index in [2.05, 4.69) is 16.6 Å². The van der Waals surface area contributed by atoms with Gasteiger partial charge in [-0.3, -0.25) is 10.1 Å². The highest BCUT2D eigenvalue weighted by Gasteiger charge is 2.24. The van der Waals surface area contributed by atoms with Crippen molar-refractivity contribution in [2.24, 2.45) is 0 Å². The number of hydrogen-bond donors (Lipinski definition) is 1. The number of nitriles is 1. The van der Waals surface area contributed by atoms with E-state index in [-0.39, 0.29) is 23.1 Å². The van der Waals surface area contributed by atoms with Gasteiger partial charge in [-0.1, -0.05) is 6.42 Å². The Hall–Kier alpha value is -1.81. The summed E-state index contributed by atoms with van der Waals surface area (Å²) in [5.74, 6) is 0.265. The van der Waals surface area contributed by atoms with Gasteiger partial charge in [0.25, 0.3) is 0 Å². The maximum absolute atomic E-state index is 11.1. The summed E-state index contributed by atoms with van der Waals surface area (Å²) in [5, 5.41) is 23.6. The summed E-state index contributed by atoms with van der Waals surface area (Å²) >= 11 is 1.84. The maximum atomic E-state index is 11.1. The molecule has 0 saturated heterocycles. The number of hydrogen-bond acceptors (Lipinski definition) is 6. The molecule has 6 nitrogen and oxygen atoms in total. The molecule has 1 fully saturated rings. The Morgan fingerprint density at radius 1 is 1.60 bits per heavy atom. The molecule has 2 unspecified atom stereocenters. The third kappa shape index (κ3) is 3.39. The van der Waals surface area contributed by atoms with Crippen LogP contribution < -0.4 is 5.32 Å². The monoisotopic (exact) mass is 292 g/mol. The van der Waals surface area contributed by atoms with Crippen LogP contribution >= 0.6 is 11.8 Å². The summed E-state index contributed by atoms with van der Waals surface area (Å²) < 4.78 is 0. The third-order valence-electron chi connectivity index (χ3n) is 3.49. The van der Waals surface area contributed by atoms with Gasteiger partial charge < -0.3 is 5.32 Å². The molecule has 0 amide bonds. The Bertz CT molecular complexity index is 544. The van der Waals surface area contributed by atoms with Crippen LogP contribution in [-0.2, 0) is 0 Å². The molecule has 0 aromatic carbocycles. The number of nitrogens with one attached hydrogen (secondary N) is 1. The minimum absolute atomic E-state index is 0.129. The van der Waals surface area contributed by atoms with Crippen molar-refractivity contribution in [3.8, 4) is 6.07 Å². The van der Waals surface area contributed by atoms with Gasteiger partial charge in [0.1, 0.15) is 6.07 Å². The van der Waals surface area contributed by atoms with E-state index in [1.54, 1.807) is 0 Å². The number of nitrogens with zero attached hydrogens (tertiary/aromatic N) is 3. The highest BCUT2D eigenvalue weighted by atomic mass is 32.2. The van der Waals surface area contributed by atoms with Crippen molar-refractivity contribution in [1.82, 2.24) is 4.98 Å². The average Bonchev–Trinajstić information content (AvgIpc) is 2.47. The molecule has 2 atom stereocenters. The molecule has 1 heterocycles. The Morgan fingerprint density at radius 2 is 2.40 bits per heavy atom. The van der Waals surface area contributed by atoms with Crippen molar-refractivity contribution in [3.63, 3.8) is 0 Å². The average molecular weight is 292 g/mol. The normalized spacial score (nSPS) is 22.0. The predicted octanol–water partition coefficient (Wildman–Crippen LogP) is 2.95. The van der Waals surface area contributed by atoms with E-state index >= 15 is 0 Å². The van der Waals surface area contributed by atoms with Gasteiger partial charge in [0.15, 0.2) is 0 Å². The van der Waals surface area contributed by atoms with Crippen LogP contribution in [0.15, 0.2) is 12.3 Å². The molecule has 1 aromatic heterocycles. The second-order valence-corrected chi connectivity index (χ2v) is 5.96. The number of anilines is 1. The number of aromatic nitrogens is 1. The van der Waals surface area contributed by atoms with Crippen LogP contribution in [0.1, 0.15) is 31.2 Å². The smallest absolute Gasteiger partial charge is 0.312 e. The quantitative estimate of drug-likeness (QED) is 0.677. The van der Waals surface area contributed by atoms with Gasteiger partial charge >= 0.3 is 5.69 Å². The van der Waals surface area contributed by atoms with Crippen molar-refractivity contribution in [2.75, 3.05) is 11.6 Å². The van der Waals surface area contributed by atoms with E-state index < -0.39 is 4.92 Å². The zero-order valence-corrected chi connectivity index (χ0v) is 12.0. The largest absolute Gasteiger partial charge is 0.362 e. The van der Waals surface area contributed by atoms with Crippen LogP contribution in [0.4, 0.5) is 11.5 Å². The zero-order valence-electron chi connectivity index (χ0n) is 11.2. The Balaban J connectivity index is 2.16. The molecule has 0 radical (unpaired) electrons. The van der Waals surface area contributed by atoms with Crippen LogP contribution in [0.3, 0.4) is 0 Å². The van der Waals surface area contributed by atoms with Gasteiger partial charge in [0.2, 0.25) is 5.82 Å². The lowest BCUT2D eigenvalue weighted by Crippen LogP contribution is -2.29. The summed E-state index contributed by atoms with van der Waals surface area (Å²) in [4.78, 5) is 14.6. The van der Waals surface area contributed by atoms with Gasteiger partial charge in [-0.25, -0.2) is 4.98 Å². The van der Waals surface area contributed by atoms with Crippen molar-refractivity contribution in [3.05, 3.63) is 27.9 Å². The SMILES string of the molecule is CSC1CCCC(Nc2ncc(C#N)cc2[N+](=O)[O-])C1. The fraction of sp³-hybridized carbons (Fsp3) is 0.538. The van der Waals surface area contributed by atoms with Gasteiger partial charge in [0, 0.05) is 23.6 Å². The molecular formula is C13H16N4O2S. The summed E-state index contributed by atoms with van der Waals surface area (Å²) in [6.45, 7) is 0. The van der Waals surface area contributed by atoms with E-state index in [1.165, 1.54) is 18.7 Å². The van der Waals surface area contributed by atoms with Gasteiger partial charge in [0.05, 0.1) is 10.5 Å². The molecular weight excluding hydrogens is 276 g/mol. The predicted molar refractivity (Wildman–Crippen MR) is 78.8 cm³/mol. The molecule has 0 bridgehead atoms. The summed E-state index contributed by atoms with van der Waals surface area (Å²) in [6, 6.07) is 3.35. The second kappa shape index (κ2) is 6.57. The minimum Gasteiger partial charge on any atom is -0.362 e. The molecule has 1 saturated carbocycles. The van der Waals surface area contributed by atoms with E-state index in [0.29, 0.717) is 5.25 Å². The molecule has 0 spiro atoms. The summed E-state index contributed by atoms with van der Waals surface area (Å²) in [6.07, 6.45) is 7.76. The maximum Gasteiger partial charge on any atom is 0.312 e. The van der Waals surface area contributed by atoms with E-state index in [4.69, 9.17) is 5.26 Å². The fourth-order valence-electron chi connectivity index (χ4n) is 2.45. The second-order valence-electron chi connectivity index (χ2n) is 4.83. The molecule has 1 aliphatic carbocycles. The van der Waals surface area contributed by atoms with Crippen molar-refractivity contribution < 1.29 is 4.92 Å². The Labute approximate surface area is 121 Å². The number of pyridine rings is 1. The van der Waals surface area contributed by atoms with Crippen molar-refractivity contribution >= 4 is 23.3 Å². The Morgan fingerprint density at radius 3 is 3.05 bits per heavy atom. The van der Waals surface area contributed by atoms with Crippen molar-refractivity contribution in [2.45, 2.75) is 37.0 Å². The van der Waals surface area contributed by atoms with Crippen LogP contribution in [0, 0.1) is 21.4 Å². The first kappa shape index (κ1) is 14.6. The summed E-state index contributed by atoms with van der Waals surface area (Å²) in [5.41, 5.74) is 0.0724. The number of thioether (sulfide) groups is 1. The zero-order chi connectivity index (χ0) is 14.5. The van der Waals surface area contributed by atoms with Crippen LogP contribution in [0.25, 0.3) is 0 Å². The summed E-state index contributed by atoms with van der Waals surface area (Å²) in [7, 11) is 0. The lowest BCUT2D eigenvalue weighted by molar-refractivity contribution is -0.384. The molecule has 20 heavy (non-hydrogen) atoms. The van der Waals surface area contributed by atoms with Gasteiger partial charge in [-0.2, -0.15) is 17.0 Å². The highest BCUT2D eigenvalue weighted by Crippen LogP contribution is 2.31. The third-order valence-corrected chi connectivity index (χ3v) is 4.59. The van der Waals surface area contributed by atoms with E-state index in [0.717, 1.165) is 19.3 Å². The van der Waals surface area contributed by atoms with Crippen LogP contribution in [-0.4, -0.2) is 27.5 Å². The first-order valence-electron chi connectivity index (χ1n) is 6.48. The molecule has 7 heteroatoms. The first-order chi connectivity index (χ1) is 9.63. The lowest BCUT2D eigenvalue weighted by atomic mass is 9.95. The molecule has 1 aromatic rings. The van der Waals surface area contributed by atoms with Crippen LogP contribution in [0.5, 0.6) is 0 Å². The Kier molecular flexibility index (Phi) is 4.79. The van der Waals surface area contributed by atoms with E-state index in [1.807, 2.05) is 17.8 Å². The molecule has 2 rings (SSSR count). The van der Waals surface area contributed by atoms with Crippen molar-refractivity contribution in [1.29, 1.82) is 5.26 Å².